The average Bonchev–Trinajstić information content (AvgIpc) is 2.62. The van der Waals surface area contributed by atoms with E-state index >= 15 is 0 Å². The molecule has 0 aliphatic carbocycles. The lowest BCUT2D eigenvalue weighted by Gasteiger charge is -2.26. The fourth-order valence-corrected chi connectivity index (χ4v) is 2.36. The number of carbonyl (C=O) groups excluding carboxylic acids is 1. The quantitative estimate of drug-likeness (QED) is 0.464. The Kier molecular flexibility index (Phi) is 6.53. The third-order valence-corrected chi connectivity index (χ3v) is 3.40. The largest absolute Gasteiger partial charge is 0.476 e. The summed E-state index contributed by atoms with van der Waals surface area (Å²) in [5.74, 6) is 3.89. The third kappa shape index (κ3) is 6.25. The van der Waals surface area contributed by atoms with E-state index in [-0.39, 0.29) is 17.8 Å². The Morgan fingerprint density at radius 1 is 1.26 bits per heavy atom. The van der Waals surface area contributed by atoms with Crippen molar-refractivity contribution in [2.45, 2.75) is 58.6 Å². The lowest BCUT2D eigenvalue weighted by Crippen LogP contribution is -2.37. The molecule has 1 fully saturated rings. The number of nitrogens with zero attached hydrogens (tertiary/aromatic N) is 3. The Balaban J connectivity index is 2.69. The van der Waals surface area contributed by atoms with Crippen molar-refractivity contribution in [3.05, 3.63) is 0 Å². The lowest BCUT2D eigenvalue weighted by atomic mass is 10.1. The molecule has 1 amide bonds. The van der Waals surface area contributed by atoms with Crippen molar-refractivity contribution < 1.29 is 19.4 Å². The van der Waals surface area contributed by atoms with Crippen molar-refractivity contribution in [3.63, 3.8) is 0 Å². The zero-order valence-corrected chi connectivity index (χ0v) is 14.2. The zero-order valence-electron chi connectivity index (χ0n) is 14.2. The van der Waals surface area contributed by atoms with Crippen molar-refractivity contribution in [2.75, 3.05) is 13.1 Å². The Labute approximate surface area is 136 Å². The van der Waals surface area contributed by atoms with Gasteiger partial charge in [-0.2, -0.15) is 5.10 Å². The number of aliphatic carboxylic acids is 1. The number of hydrogen-bond acceptors (Lipinski definition) is 6. The van der Waals surface area contributed by atoms with Gasteiger partial charge < -0.3 is 20.6 Å². The van der Waals surface area contributed by atoms with E-state index in [0.717, 1.165) is 12.8 Å². The Morgan fingerprint density at radius 2 is 1.91 bits per heavy atom. The van der Waals surface area contributed by atoms with E-state index in [0.29, 0.717) is 25.2 Å². The van der Waals surface area contributed by atoms with E-state index in [1.807, 2.05) is 20.8 Å². The first-order valence-corrected chi connectivity index (χ1v) is 7.68. The van der Waals surface area contributed by atoms with Crippen molar-refractivity contribution in [1.29, 1.82) is 0 Å². The molecule has 1 heterocycles. The van der Waals surface area contributed by atoms with Gasteiger partial charge in [0.1, 0.15) is 5.60 Å². The van der Waals surface area contributed by atoms with Crippen LogP contribution in [-0.4, -0.2) is 58.2 Å². The van der Waals surface area contributed by atoms with Crippen LogP contribution in [0.4, 0.5) is 4.79 Å². The van der Waals surface area contributed by atoms with Gasteiger partial charge in [0.15, 0.2) is 5.71 Å². The molecule has 0 saturated carbocycles. The number of carboxylic acids is 1. The molecule has 130 valence electrons. The predicted octanol–water partition coefficient (Wildman–Crippen LogP) is 1.64. The van der Waals surface area contributed by atoms with Crippen LogP contribution in [0.5, 0.6) is 0 Å². The number of likely N-dealkylation sites (tertiary alicyclic amines) is 1. The molecule has 1 atom stereocenters. The van der Waals surface area contributed by atoms with E-state index in [4.69, 9.17) is 15.7 Å². The summed E-state index contributed by atoms with van der Waals surface area (Å²) in [6.45, 7) is 8.21. The van der Waals surface area contributed by atoms with Gasteiger partial charge in [0.05, 0.1) is 11.8 Å². The maximum atomic E-state index is 12.1. The second-order valence-corrected chi connectivity index (χ2v) is 6.55. The number of ether oxygens (including phenoxy) is 1. The standard InChI is InChI=1S/C15H26N4O4/c1-10(12(18-16)13(20)21)17-11-6-5-8-19(9-7-11)14(22)23-15(2,3)4/h11H,5-9,16H2,1-4H3,(H,20,21)/b17-10?,18-12+. The maximum absolute atomic E-state index is 12.1. The number of carbonyl (C=O) groups is 2. The minimum atomic E-state index is -1.20. The molecule has 1 aliphatic heterocycles. The summed E-state index contributed by atoms with van der Waals surface area (Å²) in [7, 11) is 0. The Morgan fingerprint density at radius 3 is 2.43 bits per heavy atom. The van der Waals surface area contributed by atoms with Crippen molar-refractivity contribution in [3.8, 4) is 0 Å². The molecule has 0 bridgehead atoms. The van der Waals surface area contributed by atoms with Gasteiger partial charge in [0.2, 0.25) is 0 Å². The molecule has 8 nitrogen and oxygen atoms in total. The normalized spacial score (nSPS) is 20.9. The molecule has 1 rings (SSSR count). The molecule has 8 heteroatoms. The molecular weight excluding hydrogens is 300 g/mol. The molecule has 0 aromatic carbocycles. The van der Waals surface area contributed by atoms with Crippen LogP contribution in [0, 0.1) is 0 Å². The van der Waals surface area contributed by atoms with E-state index in [2.05, 4.69) is 10.1 Å². The minimum Gasteiger partial charge on any atom is -0.476 e. The first-order chi connectivity index (χ1) is 10.6. The van der Waals surface area contributed by atoms with E-state index < -0.39 is 11.6 Å². The van der Waals surface area contributed by atoms with E-state index in [1.54, 1.807) is 11.8 Å². The molecule has 0 aromatic heterocycles. The van der Waals surface area contributed by atoms with Gasteiger partial charge in [0, 0.05) is 13.1 Å². The molecule has 0 aromatic rings. The topological polar surface area (TPSA) is 118 Å². The number of hydrogen-bond donors (Lipinski definition) is 2. The van der Waals surface area contributed by atoms with Crippen LogP contribution in [0.25, 0.3) is 0 Å². The first-order valence-electron chi connectivity index (χ1n) is 7.68. The van der Waals surface area contributed by atoms with Crippen LogP contribution in [0.2, 0.25) is 0 Å². The van der Waals surface area contributed by atoms with E-state index in [9.17, 15) is 9.59 Å². The van der Waals surface area contributed by atoms with Crippen LogP contribution >= 0.6 is 0 Å². The summed E-state index contributed by atoms with van der Waals surface area (Å²) in [6.07, 6.45) is 1.87. The van der Waals surface area contributed by atoms with Gasteiger partial charge in [0.25, 0.3) is 0 Å². The van der Waals surface area contributed by atoms with Crippen LogP contribution in [0.3, 0.4) is 0 Å². The molecule has 0 radical (unpaired) electrons. The van der Waals surface area contributed by atoms with Gasteiger partial charge in [-0.1, -0.05) is 0 Å². The summed E-state index contributed by atoms with van der Waals surface area (Å²) in [4.78, 5) is 29.2. The molecular formula is C15H26N4O4. The third-order valence-electron chi connectivity index (χ3n) is 3.40. The number of hydrazone groups is 1. The number of amides is 1. The van der Waals surface area contributed by atoms with E-state index in [1.165, 1.54) is 0 Å². The predicted molar refractivity (Wildman–Crippen MR) is 87.8 cm³/mol. The van der Waals surface area contributed by atoms with Gasteiger partial charge in [-0.25, -0.2) is 9.59 Å². The lowest BCUT2D eigenvalue weighted by molar-refractivity contribution is -0.129. The summed E-state index contributed by atoms with van der Waals surface area (Å²) in [5, 5.41) is 12.3. The van der Waals surface area contributed by atoms with Gasteiger partial charge in [-0.3, -0.25) is 4.99 Å². The van der Waals surface area contributed by atoms with Crippen LogP contribution < -0.4 is 5.84 Å². The van der Waals surface area contributed by atoms with Crippen LogP contribution in [-0.2, 0) is 9.53 Å². The molecule has 1 aliphatic rings. The van der Waals surface area contributed by atoms with Crippen molar-refractivity contribution >= 4 is 23.5 Å². The smallest absolute Gasteiger partial charge is 0.410 e. The number of aliphatic imine (C=N–C) groups is 1. The van der Waals surface area contributed by atoms with Crippen molar-refractivity contribution in [2.24, 2.45) is 15.9 Å². The van der Waals surface area contributed by atoms with Crippen molar-refractivity contribution in [1.82, 2.24) is 4.90 Å². The zero-order chi connectivity index (χ0) is 17.6. The van der Waals surface area contributed by atoms with Crippen LogP contribution in [0.1, 0.15) is 47.0 Å². The summed E-state index contributed by atoms with van der Waals surface area (Å²) < 4.78 is 5.37. The average molecular weight is 326 g/mol. The van der Waals surface area contributed by atoms with Gasteiger partial charge >= 0.3 is 12.1 Å². The summed E-state index contributed by atoms with van der Waals surface area (Å²) in [5.41, 5.74) is -0.458. The Bertz CT molecular complexity index is 508. The monoisotopic (exact) mass is 326 g/mol. The van der Waals surface area contributed by atoms with Crippen LogP contribution in [0.15, 0.2) is 10.1 Å². The highest BCUT2D eigenvalue weighted by Gasteiger charge is 2.25. The molecule has 0 spiro atoms. The number of carboxylic acid groups (broad SMARTS) is 1. The molecule has 3 N–H and O–H groups in total. The highest BCUT2D eigenvalue weighted by Crippen LogP contribution is 2.17. The second kappa shape index (κ2) is 7.94. The Hall–Kier alpha value is -2.12. The number of rotatable bonds is 3. The SMILES string of the molecule is CC(=NC1CCCN(C(=O)OC(C)(C)C)CC1)/C(=N\N)C(=O)O. The molecule has 1 saturated heterocycles. The second-order valence-electron chi connectivity index (χ2n) is 6.55. The minimum absolute atomic E-state index is 0.0569. The highest BCUT2D eigenvalue weighted by atomic mass is 16.6. The highest BCUT2D eigenvalue weighted by molar-refractivity contribution is 6.64. The first kappa shape index (κ1) is 18.9. The molecule has 1 unspecified atom stereocenters. The summed E-state index contributed by atoms with van der Waals surface area (Å²) >= 11 is 0. The molecule has 23 heavy (non-hydrogen) atoms. The fourth-order valence-electron chi connectivity index (χ4n) is 2.36. The summed E-state index contributed by atoms with van der Waals surface area (Å²) in [6, 6.07) is -0.0569. The van der Waals surface area contributed by atoms with Gasteiger partial charge in [-0.05, 0) is 47.0 Å². The maximum Gasteiger partial charge on any atom is 0.410 e. The number of nitrogens with two attached hydrogens (primary N) is 1. The fraction of sp³-hybridized carbons (Fsp3) is 0.733. The van der Waals surface area contributed by atoms with Gasteiger partial charge in [-0.15, -0.1) is 0 Å².